The molecule has 1 N–H and O–H groups in total. The van der Waals surface area contributed by atoms with E-state index in [0.29, 0.717) is 16.9 Å². The second-order valence-electron chi connectivity index (χ2n) is 7.32. The van der Waals surface area contributed by atoms with Gasteiger partial charge in [-0.1, -0.05) is 12.1 Å². The monoisotopic (exact) mass is 436 g/mol. The van der Waals surface area contributed by atoms with Crippen molar-refractivity contribution in [1.82, 2.24) is 4.90 Å². The molecular formula is C23H17FN2O6. The minimum atomic E-state index is -1.05. The van der Waals surface area contributed by atoms with Crippen LogP contribution in [-0.4, -0.2) is 26.6 Å². The summed E-state index contributed by atoms with van der Waals surface area (Å²) in [4.78, 5) is 37.4. The number of nitro groups is 1. The van der Waals surface area contributed by atoms with E-state index in [1.807, 2.05) is 0 Å². The van der Waals surface area contributed by atoms with E-state index >= 15 is 0 Å². The van der Waals surface area contributed by atoms with Gasteiger partial charge in [0.2, 0.25) is 0 Å². The minimum Gasteiger partial charge on any atom is -0.507 e. The standard InChI is InChI=1S/C23H17FN2O6/c1-13-4-5-15(11-18(13)24)21(27)19-20(14-6-8-16(9-7-14)26(30)31)25(23(29)22(19)28)12-17-3-2-10-32-17/h2-11,20,27H,12H2,1H3. The van der Waals surface area contributed by atoms with Gasteiger partial charge in [-0.3, -0.25) is 19.7 Å². The van der Waals surface area contributed by atoms with Crippen LogP contribution in [0.3, 0.4) is 0 Å². The normalized spacial score (nSPS) is 17.7. The number of ketones is 1. The number of carbonyl (C=O) groups excluding carboxylic acids is 2. The van der Waals surface area contributed by atoms with Crippen LogP contribution >= 0.6 is 0 Å². The van der Waals surface area contributed by atoms with E-state index in [-0.39, 0.29) is 23.4 Å². The molecule has 0 bridgehead atoms. The number of Topliss-reactive ketones (excluding diaryl/α,β-unsaturated/α-hetero) is 1. The fraction of sp³-hybridized carbons (Fsp3) is 0.130. The molecule has 9 heteroatoms. The predicted octanol–water partition coefficient (Wildman–Crippen LogP) is 4.26. The zero-order valence-electron chi connectivity index (χ0n) is 16.8. The Kier molecular flexibility index (Phi) is 5.31. The van der Waals surface area contributed by atoms with Gasteiger partial charge in [-0.15, -0.1) is 0 Å². The molecule has 1 amide bonds. The molecule has 3 aromatic rings. The maximum atomic E-state index is 14.1. The molecule has 8 nitrogen and oxygen atoms in total. The molecule has 2 heterocycles. The summed E-state index contributed by atoms with van der Waals surface area (Å²) in [5.74, 6) is -2.53. The number of nitro benzene ring substituents is 1. The fourth-order valence-electron chi connectivity index (χ4n) is 3.63. The van der Waals surface area contributed by atoms with E-state index in [9.17, 15) is 29.2 Å². The third-order valence-corrected chi connectivity index (χ3v) is 5.31. The summed E-state index contributed by atoms with van der Waals surface area (Å²) >= 11 is 0. The number of likely N-dealkylation sites (tertiary alicyclic amines) is 1. The van der Waals surface area contributed by atoms with Crippen LogP contribution in [0.5, 0.6) is 0 Å². The van der Waals surface area contributed by atoms with E-state index in [1.54, 1.807) is 19.1 Å². The highest BCUT2D eigenvalue weighted by molar-refractivity contribution is 6.46. The molecular weight excluding hydrogens is 419 g/mol. The third-order valence-electron chi connectivity index (χ3n) is 5.31. The molecule has 1 aliphatic rings. The van der Waals surface area contributed by atoms with Crippen molar-refractivity contribution in [2.45, 2.75) is 19.5 Å². The molecule has 1 fully saturated rings. The molecule has 2 aromatic carbocycles. The Labute approximate surface area is 181 Å². The number of amides is 1. The van der Waals surface area contributed by atoms with Crippen LogP contribution < -0.4 is 0 Å². The number of hydrogen-bond acceptors (Lipinski definition) is 6. The number of nitrogens with zero attached hydrogens (tertiary/aromatic N) is 2. The Morgan fingerprint density at radius 1 is 1.19 bits per heavy atom. The Bertz CT molecular complexity index is 1250. The Morgan fingerprint density at radius 3 is 2.50 bits per heavy atom. The van der Waals surface area contributed by atoms with E-state index < -0.39 is 34.2 Å². The Balaban J connectivity index is 1.87. The molecule has 0 radical (unpaired) electrons. The molecule has 4 rings (SSSR count). The number of aliphatic hydroxyl groups is 1. The average molecular weight is 436 g/mol. The lowest BCUT2D eigenvalue weighted by atomic mass is 9.94. The number of hydrogen-bond donors (Lipinski definition) is 1. The fourth-order valence-corrected chi connectivity index (χ4v) is 3.63. The van der Waals surface area contributed by atoms with Crippen molar-refractivity contribution in [1.29, 1.82) is 0 Å². The van der Waals surface area contributed by atoms with Gasteiger partial charge in [0.05, 0.1) is 29.3 Å². The molecule has 1 atom stereocenters. The lowest BCUT2D eigenvalue weighted by Crippen LogP contribution is -2.29. The number of halogens is 1. The second-order valence-corrected chi connectivity index (χ2v) is 7.32. The SMILES string of the molecule is Cc1ccc(C(O)=C2C(=O)C(=O)N(Cc3ccco3)C2c2ccc([N+](=O)[O-])cc2)cc1F. The van der Waals surface area contributed by atoms with E-state index in [1.165, 1.54) is 47.6 Å². The summed E-state index contributed by atoms with van der Waals surface area (Å²) < 4.78 is 19.4. The smallest absolute Gasteiger partial charge is 0.296 e. The van der Waals surface area contributed by atoms with Crippen LogP contribution in [-0.2, 0) is 16.1 Å². The quantitative estimate of drug-likeness (QED) is 0.210. The molecule has 1 aliphatic heterocycles. The first-order valence-corrected chi connectivity index (χ1v) is 9.59. The first kappa shape index (κ1) is 21.0. The molecule has 0 saturated carbocycles. The van der Waals surface area contributed by atoms with Crippen LogP contribution in [0.2, 0.25) is 0 Å². The zero-order valence-corrected chi connectivity index (χ0v) is 16.8. The molecule has 0 spiro atoms. The van der Waals surface area contributed by atoms with Crippen molar-refractivity contribution in [2.75, 3.05) is 0 Å². The van der Waals surface area contributed by atoms with Crippen LogP contribution in [0.4, 0.5) is 10.1 Å². The van der Waals surface area contributed by atoms with Crippen molar-refractivity contribution in [3.05, 3.63) is 105 Å². The van der Waals surface area contributed by atoms with Crippen molar-refractivity contribution < 1.29 is 28.4 Å². The van der Waals surface area contributed by atoms with Crippen molar-refractivity contribution in [3.8, 4) is 0 Å². The molecule has 1 unspecified atom stereocenters. The number of aliphatic hydroxyl groups excluding tert-OH is 1. The van der Waals surface area contributed by atoms with Crippen molar-refractivity contribution in [3.63, 3.8) is 0 Å². The topological polar surface area (TPSA) is 114 Å². The van der Waals surface area contributed by atoms with Gasteiger partial charge >= 0.3 is 0 Å². The number of aryl methyl sites for hydroxylation is 1. The number of furan rings is 1. The van der Waals surface area contributed by atoms with Gasteiger partial charge < -0.3 is 14.4 Å². The molecule has 1 saturated heterocycles. The zero-order chi connectivity index (χ0) is 23.0. The van der Waals surface area contributed by atoms with E-state index in [4.69, 9.17) is 4.42 Å². The lowest BCUT2D eigenvalue weighted by molar-refractivity contribution is -0.384. The Morgan fingerprint density at radius 2 is 1.91 bits per heavy atom. The van der Waals surface area contributed by atoms with Crippen LogP contribution in [0.15, 0.2) is 70.9 Å². The van der Waals surface area contributed by atoms with Gasteiger partial charge in [0.25, 0.3) is 17.4 Å². The van der Waals surface area contributed by atoms with Crippen molar-refractivity contribution in [2.24, 2.45) is 0 Å². The second kappa shape index (κ2) is 8.10. The number of non-ortho nitro benzene ring substituents is 1. The summed E-state index contributed by atoms with van der Waals surface area (Å²) in [5.41, 5.74) is 0.356. The van der Waals surface area contributed by atoms with E-state index in [2.05, 4.69) is 0 Å². The van der Waals surface area contributed by atoms with Crippen LogP contribution in [0.1, 0.15) is 28.5 Å². The number of benzene rings is 2. The summed E-state index contributed by atoms with van der Waals surface area (Å²) in [6, 6.07) is 11.5. The number of rotatable bonds is 5. The van der Waals surface area contributed by atoms with E-state index in [0.717, 1.165) is 6.07 Å². The highest BCUT2D eigenvalue weighted by Crippen LogP contribution is 2.40. The van der Waals surface area contributed by atoms with Gasteiger partial charge in [0.15, 0.2) is 0 Å². The summed E-state index contributed by atoms with van der Waals surface area (Å²) in [6.07, 6.45) is 1.42. The Hall–Kier alpha value is -4.27. The first-order valence-electron chi connectivity index (χ1n) is 9.59. The van der Waals surface area contributed by atoms with Gasteiger partial charge in [-0.25, -0.2) is 4.39 Å². The molecule has 162 valence electrons. The van der Waals surface area contributed by atoms with Gasteiger partial charge in [-0.05, 0) is 48.4 Å². The lowest BCUT2D eigenvalue weighted by Gasteiger charge is -2.24. The molecule has 1 aromatic heterocycles. The maximum absolute atomic E-state index is 14.1. The van der Waals surface area contributed by atoms with Gasteiger partial charge in [0, 0.05) is 17.7 Å². The predicted molar refractivity (Wildman–Crippen MR) is 111 cm³/mol. The maximum Gasteiger partial charge on any atom is 0.296 e. The van der Waals surface area contributed by atoms with Crippen LogP contribution in [0.25, 0.3) is 5.76 Å². The summed E-state index contributed by atoms with van der Waals surface area (Å²) in [6.45, 7) is 1.48. The summed E-state index contributed by atoms with van der Waals surface area (Å²) in [5, 5.41) is 21.9. The minimum absolute atomic E-state index is 0.0380. The van der Waals surface area contributed by atoms with Gasteiger partial charge in [-0.2, -0.15) is 0 Å². The van der Waals surface area contributed by atoms with Gasteiger partial charge in [0.1, 0.15) is 17.3 Å². The highest BCUT2D eigenvalue weighted by Gasteiger charge is 2.46. The first-order chi connectivity index (χ1) is 15.3. The average Bonchev–Trinajstić information content (AvgIpc) is 3.37. The summed E-state index contributed by atoms with van der Waals surface area (Å²) in [7, 11) is 0. The van der Waals surface area contributed by atoms with Crippen molar-refractivity contribution >= 4 is 23.1 Å². The highest BCUT2D eigenvalue weighted by atomic mass is 19.1. The van der Waals surface area contributed by atoms with Crippen LogP contribution in [0, 0.1) is 22.9 Å². The molecule has 0 aliphatic carbocycles. The molecule has 32 heavy (non-hydrogen) atoms. The number of carbonyl (C=O) groups is 2. The third kappa shape index (κ3) is 3.64. The largest absolute Gasteiger partial charge is 0.507 e.